The highest BCUT2D eigenvalue weighted by molar-refractivity contribution is 6.14. The maximum absolute atomic E-state index is 13.9. The average Bonchev–Trinajstić information content (AvgIpc) is 3.48. The third-order valence-electron chi connectivity index (χ3n) is 7.32. The Morgan fingerprint density at radius 3 is 1.88 bits per heavy atom. The smallest absolute Gasteiger partial charge is 0.146 e. The molecule has 5 heteroatoms. The number of nitrogens with zero attached hydrogens (tertiary/aromatic N) is 1. The van der Waals surface area contributed by atoms with Crippen molar-refractivity contribution in [2.24, 2.45) is 0 Å². The highest BCUT2D eigenvalue weighted by Crippen LogP contribution is 2.42. The number of ether oxygens (including phenoxy) is 1. The van der Waals surface area contributed by atoms with Gasteiger partial charge in [0.2, 0.25) is 0 Å². The van der Waals surface area contributed by atoms with Gasteiger partial charge in [-0.1, -0.05) is 54.6 Å². The van der Waals surface area contributed by atoms with Crippen molar-refractivity contribution < 1.29 is 17.9 Å². The molecule has 0 saturated carbocycles. The molecule has 0 spiro atoms. The minimum absolute atomic E-state index is 0.306. The number of methoxy groups -OCH3 is 1. The first-order valence-electron chi connectivity index (χ1n) is 13.2. The predicted molar refractivity (Wildman–Crippen MR) is 160 cm³/mol. The zero-order valence-corrected chi connectivity index (χ0v) is 22.1. The average molecular weight is 540 g/mol. The molecule has 2 aromatic heterocycles. The number of hydrogen-bond acceptors (Lipinski definition) is 3. The van der Waals surface area contributed by atoms with Gasteiger partial charge in [-0.05, 0) is 83.4 Å². The molecule has 0 aliphatic rings. The Morgan fingerprint density at radius 2 is 1.22 bits per heavy atom. The molecular formula is C36H23F2NO2. The number of pyridine rings is 1. The van der Waals surface area contributed by atoms with Crippen LogP contribution in [0.4, 0.5) is 8.78 Å². The highest BCUT2D eigenvalue weighted by Gasteiger charge is 2.20. The lowest BCUT2D eigenvalue weighted by molar-refractivity contribution is 0.415. The number of benzene rings is 5. The molecule has 2 heterocycles. The van der Waals surface area contributed by atoms with Crippen LogP contribution in [0.5, 0.6) is 5.75 Å². The minimum Gasteiger partial charge on any atom is -0.497 e. The fraction of sp³-hybridized carbons (Fsp3) is 0.0278. The maximum atomic E-state index is 13.9. The molecular weight excluding hydrogens is 516 g/mol. The summed E-state index contributed by atoms with van der Waals surface area (Å²) in [5.41, 5.74) is 7.37. The van der Waals surface area contributed by atoms with Crippen molar-refractivity contribution in [2.75, 3.05) is 7.11 Å². The van der Waals surface area contributed by atoms with Crippen molar-refractivity contribution in [3.05, 3.63) is 133 Å². The van der Waals surface area contributed by atoms with Crippen LogP contribution in [-0.2, 0) is 0 Å². The van der Waals surface area contributed by atoms with Crippen LogP contribution in [-0.4, -0.2) is 12.1 Å². The topological polar surface area (TPSA) is 35.3 Å². The Labute approximate surface area is 235 Å². The predicted octanol–water partition coefficient (Wildman–Crippen LogP) is 9.94. The Kier molecular flexibility index (Phi) is 6.05. The van der Waals surface area contributed by atoms with E-state index in [0.29, 0.717) is 5.58 Å². The molecule has 0 radical (unpaired) electrons. The van der Waals surface area contributed by atoms with Gasteiger partial charge in [-0.25, -0.2) is 13.8 Å². The van der Waals surface area contributed by atoms with Crippen LogP contribution in [0.2, 0.25) is 0 Å². The van der Waals surface area contributed by atoms with E-state index in [9.17, 15) is 8.78 Å². The molecule has 0 fully saturated rings. The molecule has 0 atom stereocenters. The summed E-state index contributed by atoms with van der Waals surface area (Å²) < 4.78 is 39.7. The summed E-state index contributed by atoms with van der Waals surface area (Å²) in [5.74, 6) is 0.847. The Bertz CT molecular complexity index is 2010. The molecule has 0 saturated heterocycles. The molecule has 0 bridgehead atoms. The van der Waals surface area contributed by atoms with Crippen LogP contribution in [0.25, 0.3) is 66.7 Å². The molecule has 41 heavy (non-hydrogen) atoms. The van der Waals surface area contributed by atoms with E-state index < -0.39 is 0 Å². The monoisotopic (exact) mass is 539 g/mol. The SMILES string of the molecule is COc1ccc(-c2nc3c(-c4ccc(F)cc4)cc(-c4ccc(F)cc4)cc3c3oc(-c4ccccc4)cc23)cc1. The van der Waals surface area contributed by atoms with Gasteiger partial charge in [0.25, 0.3) is 0 Å². The fourth-order valence-corrected chi connectivity index (χ4v) is 5.24. The van der Waals surface area contributed by atoms with Crippen LogP contribution >= 0.6 is 0 Å². The number of aromatic nitrogens is 1. The lowest BCUT2D eigenvalue weighted by Gasteiger charge is -2.13. The van der Waals surface area contributed by atoms with Gasteiger partial charge in [0, 0.05) is 27.5 Å². The summed E-state index contributed by atoms with van der Waals surface area (Å²) in [5, 5.41) is 1.67. The van der Waals surface area contributed by atoms with E-state index in [2.05, 4.69) is 0 Å². The largest absolute Gasteiger partial charge is 0.497 e. The molecule has 0 aliphatic heterocycles. The van der Waals surface area contributed by atoms with Crippen LogP contribution in [0, 0.1) is 11.6 Å². The van der Waals surface area contributed by atoms with Crippen LogP contribution < -0.4 is 4.74 Å². The minimum atomic E-state index is -0.319. The molecule has 7 aromatic rings. The van der Waals surface area contributed by atoms with E-state index in [0.717, 1.165) is 66.9 Å². The van der Waals surface area contributed by atoms with Crippen LogP contribution in [0.1, 0.15) is 0 Å². The van der Waals surface area contributed by atoms with Crippen molar-refractivity contribution in [2.45, 2.75) is 0 Å². The van der Waals surface area contributed by atoms with E-state index in [1.165, 1.54) is 24.3 Å². The van der Waals surface area contributed by atoms with Crippen LogP contribution in [0.3, 0.4) is 0 Å². The second kappa shape index (κ2) is 10.0. The van der Waals surface area contributed by atoms with Crippen molar-refractivity contribution in [1.82, 2.24) is 4.98 Å². The first-order chi connectivity index (χ1) is 20.1. The molecule has 5 aromatic carbocycles. The van der Waals surface area contributed by atoms with Gasteiger partial charge in [-0.2, -0.15) is 0 Å². The standard InChI is InChI=1S/C36H23F2NO2/c1-40-29-17-11-25(12-18-29)34-32-21-33(24-5-3-2-4-6-24)41-36(32)31-20-26(22-7-13-27(37)14-8-22)19-30(35(31)39-34)23-9-15-28(38)16-10-23/h2-21H,1H3. The van der Waals surface area contributed by atoms with Gasteiger partial charge in [-0.15, -0.1) is 0 Å². The summed E-state index contributed by atoms with van der Waals surface area (Å²) in [6.45, 7) is 0. The van der Waals surface area contributed by atoms with Crippen molar-refractivity contribution in [3.63, 3.8) is 0 Å². The van der Waals surface area contributed by atoms with Crippen LogP contribution in [0.15, 0.2) is 126 Å². The summed E-state index contributed by atoms with van der Waals surface area (Å²) in [7, 11) is 1.64. The first-order valence-corrected chi connectivity index (χ1v) is 13.2. The summed E-state index contributed by atoms with van der Waals surface area (Å²) in [4.78, 5) is 5.23. The molecule has 0 amide bonds. The zero-order valence-electron chi connectivity index (χ0n) is 22.1. The Hall–Kier alpha value is -5.29. The summed E-state index contributed by atoms with van der Waals surface area (Å²) in [6.07, 6.45) is 0. The van der Waals surface area contributed by atoms with Gasteiger partial charge in [0.05, 0.1) is 18.3 Å². The number of halogens is 2. The van der Waals surface area contributed by atoms with Crippen molar-refractivity contribution in [1.29, 1.82) is 0 Å². The Balaban J connectivity index is 1.59. The highest BCUT2D eigenvalue weighted by atomic mass is 19.1. The van der Waals surface area contributed by atoms with Crippen molar-refractivity contribution in [3.8, 4) is 50.6 Å². The van der Waals surface area contributed by atoms with E-state index in [1.807, 2.05) is 72.8 Å². The summed E-state index contributed by atoms with van der Waals surface area (Å²) >= 11 is 0. The number of furan rings is 1. The molecule has 0 unspecified atom stereocenters. The molecule has 0 N–H and O–H groups in total. The fourth-order valence-electron chi connectivity index (χ4n) is 5.24. The number of fused-ring (bicyclic) bond motifs is 3. The van der Waals surface area contributed by atoms with Gasteiger partial charge in [0.15, 0.2) is 0 Å². The lowest BCUT2D eigenvalue weighted by Crippen LogP contribution is -1.93. The maximum Gasteiger partial charge on any atom is 0.146 e. The molecule has 0 aliphatic carbocycles. The van der Waals surface area contributed by atoms with E-state index in [4.69, 9.17) is 14.1 Å². The lowest BCUT2D eigenvalue weighted by atomic mass is 9.94. The first kappa shape index (κ1) is 24.7. The second-order valence-electron chi connectivity index (χ2n) is 9.84. The zero-order chi connectivity index (χ0) is 27.9. The molecule has 7 rings (SSSR count). The third-order valence-corrected chi connectivity index (χ3v) is 7.32. The second-order valence-corrected chi connectivity index (χ2v) is 9.84. The molecule has 198 valence electrons. The third kappa shape index (κ3) is 4.51. The van der Waals surface area contributed by atoms with Crippen molar-refractivity contribution >= 4 is 21.9 Å². The van der Waals surface area contributed by atoms with Gasteiger partial charge >= 0.3 is 0 Å². The Morgan fingerprint density at radius 1 is 0.585 bits per heavy atom. The van der Waals surface area contributed by atoms with E-state index in [1.54, 1.807) is 31.4 Å². The number of hydrogen-bond donors (Lipinski definition) is 0. The molecule has 3 nitrogen and oxygen atoms in total. The van der Waals surface area contributed by atoms with E-state index >= 15 is 0 Å². The van der Waals surface area contributed by atoms with Gasteiger partial charge in [-0.3, -0.25) is 0 Å². The van der Waals surface area contributed by atoms with Gasteiger partial charge in [0.1, 0.15) is 28.7 Å². The number of rotatable bonds is 5. The van der Waals surface area contributed by atoms with E-state index in [-0.39, 0.29) is 11.6 Å². The normalized spacial score (nSPS) is 11.3. The van der Waals surface area contributed by atoms with Gasteiger partial charge < -0.3 is 9.15 Å². The summed E-state index contributed by atoms with van der Waals surface area (Å²) in [6, 6.07) is 36.5. The quantitative estimate of drug-likeness (QED) is 0.218.